The highest BCUT2D eigenvalue weighted by Crippen LogP contribution is 2.38. The van der Waals surface area contributed by atoms with Crippen LogP contribution in [0.25, 0.3) is 0 Å². The smallest absolute Gasteiger partial charge is 0.260 e. The molecule has 0 aliphatic carbocycles. The van der Waals surface area contributed by atoms with Gasteiger partial charge in [0.2, 0.25) is 0 Å². The van der Waals surface area contributed by atoms with Crippen LogP contribution in [0.15, 0.2) is 30.3 Å². The molecular weight excluding hydrogens is 260 g/mol. The normalized spacial score (nSPS) is 21.6. The largest absolute Gasteiger partial charge is 0.363 e. The van der Waals surface area contributed by atoms with Gasteiger partial charge in [0.1, 0.15) is 11.9 Å². The minimum absolute atomic E-state index is 0.0989. The second kappa shape index (κ2) is 4.89. The van der Waals surface area contributed by atoms with Crippen LogP contribution in [-0.4, -0.2) is 16.2 Å². The molecule has 2 atom stereocenters. The minimum atomic E-state index is -2.41. The van der Waals surface area contributed by atoms with Gasteiger partial charge >= 0.3 is 0 Å². The van der Waals surface area contributed by atoms with E-state index in [9.17, 15) is 8.78 Å². The minimum Gasteiger partial charge on any atom is -0.363 e. The van der Waals surface area contributed by atoms with Crippen molar-refractivity contribution in [1.29, 1.82) is 0 Å². The summed E-state index contributed by atoms with van der Waals surface area (Å²) < 4.78 is 28.0. The molecule has 1 aliphatic heterocycles. The predicted molar refractivity (Wildman–Crippen MR) is 74.2 cm³/mol. The Morgan fingerprint density at radius 2 is 1.95 bits per heavy atom. The molecule has 1 aromatic heterocycles. The molecule has 0 saturated carbocycles. The van der Waals surface area contributed by atoms with Gasteiger partial charge in [-0.05, 0) is 25.8 Å². The maximum absolute atomic E-state index is 13.3. The summed E-state index contributed by atoms with van der Waals surface area (Å²) in [6.45, 7) is 3.83. The third-order valence-electron chi connectivity index (χ3n) is 3.74. The molecule has 0 saturated heterocycles. The quantitative estimate of drug-likeness (QED) is 0.903. The summed E-state index contributed by atoms with van der Waals surface area (Å²) in [7, 11) is 0. The summed E-state index contributed by atoms with van der Waals surface area (Å²) in [6.07, 6.45) is -2.07. The summed E-state index contributed by atoms with van der Waals surface area (Å²) in [5.74, 6) is 0.671. The number of alkyl halides is 2. The second-order valence-corrected chi connectivity index (χ2v) is 5.36. The number of rotatable bonds is 2. The second-order valence-electron chi connectivity index (χ2n) is 5.36. The summed E-state index contributed by atoms with van der Waals surface area (Å²) in [4.78, 5) is 0. The fourth-order valence-corrected chi connectivity index (χ4v) is 2.68. The standard InChI is InChI=1S/C15H17F2N3/c1-9-3-5-11(6-4-9)12-8-13(15(16)17)20-14(18-12)7-10(2)19-20/h3-7,12-13,15,18H,8H2,1-2H3/t12-,13+/m1/s1. The van der Waals surface area contributed by atoms with Crippen molar-refractivity contribution in [2.24, 2.45) is 0 Å². The fourth-order valence-electron chi connectivity index (χ4n) is 2.68. The Balaban J connectivity index is 1.95. The Morgan fingerprint density at radius 1 is 1.25 bits per heavy atom. The van der Waals surface area contributed by atoms with Gasteiger partial charge in [0.15, 0.2) is 0 Å². The number of hydrogen-bond donors (Lipinski definition) is 1. The van der Waals surface area contributed by atoms with Crippen LogP contribution in [0.1, 0.15) is 35.3 Å². The molecule has 106 valence electrons. The molecule has 1 aromatic carbocycles. The van der Waals surface area contributed by atoms with Crippen molar-refractivity contribution >= 4 is 5.82 Å². The zero-order valence-corrected chi connectivity index (χ0v) is 11.5. The van der Waals surface area contributed by atoms with Crippen LogP contribution in [0.3, 0.4) is 0 Å². The lowest BCUT2D eigenvalue weighted by Crippen LogP contribution is -2.30. The van der Waals surface area contributed by atoms with E-state index in [2.05, 4.69) is 10.4 Å². The molecule has 0 radical (unpaired) electrons. The van der Waals surface area contributed by atoms with Crippen molar-refractivity contribution in [3.05, 3.63) is 47.2 Å². The van der Waals surface area contributed by atoms with Crippen molar-refractivity contribution in [2.75, 3.05) is 5.32 Å². The van der Waals surface area contributed by atoms with Crippen molar-refractivity contribution < 1.29 is 8.78 Å². The van der Waals surface area contributed by atoms with Gasteiger partial charge < -0.3 is 5.32 Å². The van der Waals surface area contributed by atoms with Gasteiger partial charge in [-0.1, -0.05) is 29.8 Å². The van der Waals surface area contributed by atoms with Crippen molar-refractivity contribution in [1.82, 2.24) is 9.78 Å². The van der Waals surface area contributed by atoms with Crippen LogP contribution in [0.4, 0.5) is 14.6 Å². The number of hydrogen-bond acceptors (Lipinski definition) is 2. The maximum Gasteiger partial charge on any atom is 0.260 e. The molecule has 1 N–H and O–H groups in total. The molecule has 20 heavy (non-hydrogen) atoms. The highest BCUT2D eigenvalue weighted by molar-refractivity contribution is 5.43. The SMILES string of the molecule is Cc1ccc([C@H]2C[C@@H](C(F)F)n3nc(C)cc3N2)cc1. The summed E-state index contributed by atoms with van der Waals surface area (Å²) in [6, 6.07) is 8.85. The van der Waals surface area contributed by atoms with Crippen LogP contribution >= 0.6 is 0 Å². The first-order valence-corrected chi connectivity index (χ1v) is 6.72. The average molecular weight is 277 g/mol. The monoisotopic (exact) mass is 277 g/mol. The van der Waals surface area contributed by atoms with Crippen molar-refractivity contribution in [3.8, 4) is 0 Å². The lowest BCUT2D eigenvalue weighted by Gasteiger charge is -2.32. The van der Waals surface area contributed by atoms with Gasteiger partial charge in [0.05, 0.1) is 11.7 Å². The molecule has 0 fully saturated rings. The van der Waals surface area contributed by atoms with Gasteiger partial charge in [0, 0.05) is 6.07 Å². The zero-order chi connectivity index (χ0) is 14.3. The van der Waals surface area contributed by atoms with Crippen molar-refractivity contribution in [2.45, 2.75) is 38.8 Å². The first kappa shape index (κ1) is 13.1. The molecule has 3 nitrogen and oxygen atoms in total. The highest BCUT2D eigenvalue weighted by Gasteiger charge is 2.34. The number of aryl methyl sites for hydroxylation is 2. The lowest BCUT2D eigenvalue weighted by atomic mass is 9.97. The topological polar surface area (TPSA) is 29.9 Å². The van der Waals surface area contributed by atoms with E-state index >= 15 is 0 Å². The van der Waals surface area contributed by atoms with Crippen LogP contribution in [0.5, 0.6) is 0 Å². The molecular formula is C15H17F2N3. The Labute approximate surface area is 116 Å². The zero-order valence-electron chi connectivity index (χ0n) is 11.5. The average Bonchev–Trinajstić information content (AvgIpc) is 2.78. The molecule has 2 aromatic rings. The van der Waals surface area contributed by atoms with Gasteiger partial charge in [-0.25, -0.2) is 13.5 Å². The number of nitrogens with zero attached hydrogens (tertiary/aromatic N) is 2. The van der Waals surface area contributed by atoms with Gasteiger partial charge in [-0.2, -0.15) is 5.10 Å². The first-order valence-electron chi connectivity index (χ1n) is 6.72. The lowest BCUT2D eigenvalue weighted by molar-refractivity contribution is 0.0657. The van der Waals surface area contributed by atoms with Crippen LogP contribution < -0.4 is 5.32 Å². The first-order chi connectivity index (χ1) is 9.54. The molecule has 1 aliphatic rings. The number of nitrogens with one attached hydrogen (secondary N) is 1. The summed E-state index contributed by atoms with van der Waals surface area (Å²) in [5.41, 5.74) is 2.95. The number of fused-ring (bicyclic) bond motifs is 1. The van der Waals surface area contributed by atoms with E-state index in [1.807, 2.05) is 44.2 Å². The van der Waals surface area contributed by atoms with E-state index < -0.39 is 12.5 Å². The van der Waals surface area contributed by atoms with Crippen LogP contribution in [-0.2, 0) is 0 Å². The fraction of sp³-hybridized carbons (Fsp3) is 0.400. The molecule has 3 rings (SSSR count). The molecule has 0 bridgehead atoms. The van der Waals surface area contributed by atoms with Crippen LogP contribution in [0, 0.1) is 13.8 Å². The Kier molecular flexibility index (Phi) is 3.20. The van der Waals surface area contributed by atoms with E-state index in [0.717, 1.165) is 16.8 Å². The molecule has 0 unspecified atom stereocenters. The summed E-state index contributed by atoms with van der Waals surface area (Å²) >= 11 is 0. The summed E-state index contributed by atoms with van der Waals surface area (Å²) in [5, 5.41) is 7.48. The Hall–Kier alpha value is -1.91. The maximum atomic E-state index is 13.3. The van der Waals surface area contributed by atoms with E-state index in [1.165, 1.54) is 4.68 Å². The van der Waals surface area contributed by atoms with Gasteiger partial charge in [-0.3, -0.25) is 0 Å². The Morgan fingerprint density at radius 3 is 2.60 bits per heavy atom. The van der Waals surface area contributed by atoms with Crippen LogP contribution in [0.2, 0.25) is 0 Å². The van der Waals surface area contributed by atoms with Gasteiger partial charge in [-0.15, -0.1) is 0 Å². The number of anilines is 1. The molecule has 0 amide bonds. The number of halogens is 2. The number of aromatic nitrogens is 2. The van der Waals surface area contributed by atoms with E-state index in [4.69, 9.17) is 0 Å². The third-order valence-corrected chi connectivity index (χ3v) is 3.74. The Bertz CT molecular complexity index is 604. The number of benzene rings is 1. The molecule has 0 spiro atoms. The molecule has 5 heteroatoms. The van der Waals surface area contributed by atoms with E-state index in [0.29, 0.717) is 12.2 Å². The predicted octanol–water partition coefficient (Wildman–Crippen LogP) is 3.86. The molecule has 2 heterocycles. The van der Waals surface area contributed by atoms with E-state index in [-0.39, 0.29) is 6.04 Å². The van der Waals surface area contributed by atoms with Gasteiger partial charge in [0.25, 0.3) is 6.43 Å². The third kappa shape index (κ3) is 2.28. The van der Waals surface area contributed by atoms with E-state index in [1.54, 1.807) is 0 Å². The van der Waals surface area contributed by atoms with Crippen molar-refractivity contribution in [3.63, 3.8) is 0 Å². The highest BCUT2D eigenvalue weighted by atomic mass is 19.3.